The van der Waals surface area contributed by atoms with Gasteiger partial charge in [-0.2, -0.15) is 0 Å². The van der Waals surface area contributed by atoms with E-state index in [1.54, 1.807) is 0 Å². The van der Waals surface area contributed by atoms with Crippen LogP contribution in [0.4, 0.5) is 0 Å². The van der Waals surface area contributed by atoms with E-state index >= 15 is 0 Å². The fourth-order valence-corrected chi connectivity index (χ4v) is 3.19. The van der Waals surface area contributed by atoms with E-state index in [1.807, 2.05) is 0 Å². The van der Waals surface area contributed by atoms with Crippen LogP contribution in [-0.2, 0) is 0 Å². The van der Waals surface area contributed by atoms with Crippen LogP contribution >= 0.6 is 0 Å². The van der Waals surface area contributed by atoms with Crippen molar-refractivity contribution in [2.24, 2.45) is 5.92 Å². The summed E-state index contributed by atoms with van der Waals surface area (Å²) in [7, 11) is 0. The molecule has 1 aromatic carbocycles. The predicted molar refractivity (Wildman–Crippen MR) is 87.1 cm³/mol. The number of rotatable bonds is 7. The Bertz CT molecular complexity index is 385. The third-order valence-corrected chi connectivity index (χ3v) is 4.61. The quantitative estimate of drug-likeness (QED) is 0.814. The molecule has 2 unspecified atom stereocenters. The lowest BCUT2D eigenvalue weighted by atomic mass is 10.0. The third kappa shape index (κ3) is 4.32. The van der Waals surface area contributed by atoms with Crippen LogP contribution in [0.15, 0.2) is 24.3 Å². The van der Waals surface area contributed by atoms with Crippen molar-refractivity contribution in [3.63, 3.8) is 0 Å². The molecule has 20 heavy (non-hydrogen) atoms. The van der Waals surface area contributed by atoms with Gasteiger partial charge in [0.15, 0.2) is 0 Å². The van der Waals surface area contributed by atoms with Crippen LogP contribution in [-0.4, -0.2) is 31.1 Å². The van der Waals surface area contributed by atoms with Crippen LogP contribution < -0.4 is 5.32 Å². The smallest absolute Gasteiger partial charge is 0.0332 e. The summed E-state index contributed by atoms with van der Waals surface area (Å²) < 4.78 is 0. The largest absolute Gasteiger partial charge is 0.310 e. The molecule has 0 aliphatic carbocycles. The SMILES string of the molecule is CCNC(CCN1CCC(CC)C1)c1ccc(C)cc1. The topological polar surface area (TPSA) is 15.3 Å². The standard InChI is InChI=1S/C18H30N2/c1-4-16-10-12-20(14-16)13-11-18(19-5-2)17-8-6-15(3)7-9-17/h6-9,16,18-19H,4-5,10-14H2,1-3H3. The highest BCUT2D eigenvalue weighted by atomic mass is 15.1. The number of nitrogens with one attached hydrogen (secondary N) is 1. The molecule has 0 radical (unpaired) electrons. The second kappa shape index (κ2) is 7.80. The molecule has 0 spiro atoms. The zero-order valence-electron chi connectivity index (χ0n) is 13.4. The molecular formula is C18H30N2. The average molecular weight is 274 g/mol. The fraction of sp³-hybridized carbons (Fsp3) is 0.667. The van der Waals surface area contributed by atoms with Crippen molar-refractivity contribution in [2.45, 2.75) is 46.1 Å². The summed E-state index contributed by atoms with van der Waals surface area (Å²) in [5.74, 6) is 0.937. The molecule has 1 aliphatic heterocycles. The van der Waals surface area contributed by atoms with Crippen LogP contribution in [0.3, 0.4) is 0 Å². The number of benzene rings is 1. The maximum Gasteiger partial charge on any atom is 0.0332 e. The van der Waals surface area contributed by atoms with Crippen molar-refractivity contribution >= 4 is 0 Å². The summed E-state index contributed by atoms with van der Waals surface area (Å²) in [6.07, 6.45) is 3.95. The van der Waals surface area contributed by atoms with Crippen molar-refractivity contribution in [2.75, 3.05) is 26.2 Å². The molecular weight excluding hydrogens is 244 g/mol. The molecule has 2 rings (SSSR count). The van der Waals surface area contributed by atoms with Gasteiger partial charge in [-0.25, -0.2) is 0 Å². The number of aryl methyl sites for hydroxylation is 1. The van der Waals surface area contributed by atoms with Gasteiger partial charge in [-0.05, 0) is 50.9 Å². The molecule has 1 N–H and O–H groups in total. The third-order valence-electron chi connectivity index (χ3n) is 4.61. The normalized spacial score (nSPS) is 21.2. The molecule has 1 saturated heterocycles. The van der Waals surface area contributed by atoms with Gasteiger partial charge in [-0.3, -0.25) is 0 Å². The second-order valence-electron chi connectivity index (χ2n) is 6.17. The van der Waals surface area contributed by atoms with Crippen LogP contribution in [0.1, 0.15) is 50.3 Å². The molecule has 1 aliphatic rings. The number of nitrogens with zero attached hydrogens (tertiary/aromatic N) is 1. The van der Waals surface area contributed by atoms with Crippen molar-refractivity contribution in [1.29, 1.82) is 0 Å². The maximum absolute atomic E-state index is 3.64. The summed E-state index contributed by atoms with van der Waals surface area (Å²) in [6.45, 7) is 11.5. The van der Waals surface area contributed by atoms with Gasteiger partial charge in [0.2, 0.25) is 0 Å². The van der Waals surface area contributed by atoms with Gasteiger partial charge in [-0.15, -0.1) is 0 Å². The van der Waals surface area contributed by atoms with Crippen LogP contribution in [0.5, 0.6) is 0 Å². The van der Waals surface area contributed by atoms with Gasteiger partial charge in [0.25, 0.3) is 0 Å². The highest BCUT2D eigenvalue weighted by Gasteiger charge is 2.21. The molecule has 0 bridgehead atoms. The molecule has 2 nitrogen and oxygen atoms in total. The van der Waals surface area contributed by atoms with Gasteiger partial charge in [0.05, 0.1) is 0 Å². The lowest BCUT2D eigenvalue weighted by Gasteiger charge is -2.22. The van der Waals surface area contributed by atoms with Crippen LogP contribution in [0.2, 0.25) is 0 Å². The van der Waals surface area contributed by atoms with Gasteiger partial charge in [0, 0.05) is 12.6 Å². The van der Waals surface area contributed by atoms with Crippen molar-refractivity contribution < 1.29 is 0 Å². The molecule has 0 amide bonds. The second-order valence-corrected chi connectivity index (χ2v) is 6.17. The Morgan fingerprint density at radius 3 is 2.60 bits per heavy atom. The van der Waals surface area contributed by atoms with E-state index in [2.05, 4.69) is 55.3 Å². The van der Waals surface area contributed by atoms with Crippen LogP contribution in [0.25, 0.3) is 0 Å². The number of hydrogen-bond acceptors (Lipinski definition) is 2. The van der Waals surface area contributed by atoms with E-state index in [-0.39, 0.29) is 0 Å². The van der Waals surface area contributed by atoms with E-state index in [4.69, 9.17) is 0 Å². The molecule has 2 heteroatoms. The van der Waals surface area contributed by atoms with E-state index in [0.717, 1.165) is 12.5 Å². The fourth-order valence-electron chi connectivity index (χ4n) is 3.19. The minimum absolute atomic E-state index is 0.501. The van der Waals surface area contributed by atoms with E-state index in [0.29, 0.717) is 6.04 Å². The van der Waals surface area contributed by atoms with Gasteiger partial charge in [-0.1, -0.05) is 50.1 Å². The Balaban J connectivity index is 1.88. The monoisotopic (exact) mass is 274 g/mol. The maximum atomic E-state index is 3.64. The van der Waals surface area contributed by atoms with Crippen molar-refractivity contribution in [1.82, 2.24) is 10.2 Å². The Morgan fingerprint density at radius 2 is 2.00 bits per heavy atom. The molecule has 1 fully saturated rings. The number of hydrogen-bond donors (Lipinski definition) is 1. The van der Waals surface area contributed by atoms with E-state index < -0.39 is 0 Å². The summed E-state index contributed by atoms with van der Waals surface area (Å²) in [4.78, 5) is 2.65. The van der Waals surface area contributed by atoms with Crippen molar-refractivity contribution in [3.8, 4) is 0 Å². The molecule has 2 atom stereocenters. The summed E-state index contributed by atoms with van der Waals surface area (Å²) in [6, 6.07) is 9.51. The van der Waals surface area contributed by atoms with Gasteiger partial charge < -0.3 is 10.2 Å². The Morgan fingerprint density at radius 1 is 1.25 bits per heavy atom. The molecule has 1 heterocycles. The first-order chi connectivity index (χ1) is 9.72. The van der Waals surface area contributed by atoms with Gasteiger partial charge in [0.1, 0.15) is 0 Å². The van der Waals surface area contributed by atoms with E-state index in [1.165, 1.54) is 50.0 Å². The van der Waals surface area contributed by atoms with Gasteiger partial charge >= 0.3 is 0 Å². The average Bonchev–Trinajstić information content (AvgIpc) is 2.92. The Labute approximate surface area is 124 Å². The zero-order valence-corrected chi connectivity index (χ0v) is 13.4. The summed E-state index contributed by atoms with van der Waals surface area (Å²) in [5.41, 5.74) is 2.78. The minimum Gasteiger partial charge on any atom is -0.310 e. The zero-order chi connectivity index (χ0) is 14.4. The first kappa shape index (κ1) is 15.5. The molecule has 0 aromatic heterocycles. The Hall–Kier alpha value is -0.860. The first-order valence-corrected chi connectivity index (χ1v) is 8.25. The van der Waals surface area contributed by atoms with E-state index in [9.17, 15) is 0 Å². The van der Waals surface area contributed by atoms with Crippen molar-refractivity contribution in [3.05, 3.63) is 35.4 Å². The molecule has 112 valence electrons. The molecule has 0 saturated carbocycles. The first-order valence-electron chi connectivity index (χ1n) is 8.25. The lowest BCUT2D eigenvalue weighted by Crippen LogP contribution is -2.28. The molecule has 1 aromatic rings. The summed E-state index contributed by atoms with van der Waals surface area (Å²) >= 11 is 0. The highest BCUT2D eigenvalue weighted by molar-refractivity contribution is 5.24. The highest BCUT2D eigenvalue weighted by Crippen LogP contribution is 2.22. The van der Waals surface area contributed by atoms with Crippen LogP contribution in [0, 0.1) is 12.8 Å². The summed E-state index contributed by atoms with van der Waals surface area (Å²) in [5, 5.41) is 3.64. The predicted octanol–water partition coefficient (Wildman–Crippen LogP) is 3.77. The number of likely N-dealkylation sites (tertiary alicyclic amines) is 1. The minimum atomic E-state index is 0.501. The Kier molecular flexibility index (Phi) is 6.06. The lowest BCUT2D eigenvalue weighted by molar-refractivity contribution is 0.299.